The highest BCUT2D eigenvalue weighted by atomic mass is 15.5. The second-order valence-electron chi connectivity index (χ2n) is 3.29. The molecule has 0 atom stereocenters. The molecule has 0 amide bonds. The quantitative estimate of drug-likeness (QED) is 0.523. The maximum Gasteiger partial charge on any atom is 0.0472 e. The summed E-state index contributed by atoms with van der Waals surface area (Å²) in [5.41, 5.74) is 3.43. The first kappa shape index (κ1) is 6.62. The smallest absolute Gasteiger partial charge is 0.0472 e. The summed E-state index contributed by atoms with van der Waals surface area (Å²) in [5.74, 6) is 0. The number of rotatable bonds is 0. The summed E-state index contributed by atoms with van der Waals surface area (Å²) in [5, 5.41) is 2.12. The van der Waals surface area contributed by atoms with E-state index in [0.29, 0.717) is 0 Å². The van der Waals surface area contributed by atoms with E-state index in [-0.39, 0.29) is 5.54 Å². The second-order valence-corrected chi connectivity index (χ2v) is 3.29. The highest BCUT2D eigenvalue weighted by Gasteiger charge is 2.18. The predicted octanol–water partition coefficient (Wildman–Crippen LogP) is 1.12. The molecule has 0 fully saturated rings. The van der Waals surface area contributed by atoms with E-state index in [1.54, 1.807) is 0 Å². The van der Waals surface area contributed by atoms with Gasteiger partial charge in [-0.2, -0.15) is 0 Å². The van der Waals surface area contributed by atoms with Crippen molar-refractivity contribution in [1.82, 2.24) is 10.4 Å². The Balaban J connectivity index is 2.53. The van der Waals surface area contributed by atoms with Crippen LogP contribution in [0.1, 0.15) is 20.8 Å². The van der Waals surface area contributed by atoms with Gasteiger partial charge in [0.05, 0.1) is 0 Å². The fourth-order valence-electron chi connectivity index (χ4n) is 0.823. The topological polar surface area (TPSA) is 15.3 Å². The van der Waals surface area contributed by atoms with E-state index in [4.69, 9.17) is 0 Å². The molecule has 1 aliphatic heterocycles. The molecule has 0 spiro atoms. The van der Waals surface area contributed by atoms with E-state index in [1.165, 1.54) is 0 Å². The van der Waals surface area contributed by atoms with E-state index in [2.05, 4.69) is 43.5 Å². The lowest BCUT2D eigenvalue weighted by Crippen LogP contribution is -2.43. The molecule has 0 aliphatic carbocycles. The highest BCUT2D eigenvalue weighted by molar-refractivity contribution is 4.94. The molecule has 0 aromatic carbocycles. The van der Waals surface area contributed by atoms with Gasteiger partial charge >= 0.3 is 0 Å². The molecule has 0 bridgehead atoms. The van der Waals surface area contributed by atoms with Gasteiger partial charge in [-0.25, -0.2) is 5.43 Å². The number of hydrazine groups is 1. The van der Waals surface area contributed by atoms with Crippen LogP contribution in [0.5, 0.6) is 0 Å². The third-order valence-corrected chi connectivity index (χ3v) is 1.36. The first-order chi connectivity index (χ1) is 4.11. The minimum absolute atomic E-state index is 0.215. The van der Waals surface area contributed by atoms with Gasteiger partial charge in [0.15, 0.2) is 0 Å². The Hall–Kier alpha value is -0.500. The van der Waals surface area contributed by atoms with Gasteiger partial charge in [0.2, 0.25) is 0 Å². The monoisotopic (exact) mass is 126 g/mol. The maximum absolute atomic E-state index is 3.22. The van der Waals surface area contributed by atoms with Crippen molar-refractivity contribution in [3.05, 3.63) is 12.3 Å². The first-order valence-corrected chi connectivity index (χ1v) is 3.30. The lowest BCUT2D eigenvalue weighted by atomic mass is 10.1. The van der Waals surface area contributed by atoms with Gasteiger partial charge < -0.3 is 5.01 Å². The summed E-state index contributed by atoms with van der Waals surface area (Å²) in [7, 11) is 0. The molecule has 0 saturated carbocycles. The summed E-state index contributed by atoms with van der Waals surface area (Å²) in [4.78, 5) is 0. The van der Waals surface area contributed by atoms with E-state index in [0.717, 1.165) is 6.54 Å². The lowest BCUT2D eigenvalue weighted by molar-refractivity contribution is 0.158. The predicted molar refractivity (Wildman–Crippen MR) is 38.7 cm³/mol. The second kappa shape index (κ2) is 2.03. The van der Waals surface area contributed by atoms with E-state index in [9.17, 15) is 0 Å². The van der Waals surface area contributed by atoms with Gasteiger partial charge in [0.1, 0.15) is 0 Å². The maximum atomic E-state index is 3.22. The number of nitrogens with zero attached hydrogens (tertiary/aromatic N) is 1. The van der Waals surface area contributed by atoms with E-state index < -0.39 is 0 Å². The molecule has 9 heavy (non-hydrogen) atoms. The van der Waals surface area contributed by atoms with Gasteiger partial charge in [-0.05, 0) is 20.8 Å². The zero-order valence-corrected chi connectivity index (χ0v) is 6.31. The Morgan fingerprint density at radius 2 is 2.11 bits per heavy atom. The Morgan fingerprint density at radius 3 is 2.33 bits per heavy atom. The molecular weight excluding hydrogens is 112 g/mol. The lowest BCUT2D eigenvalue weighted by Gasteiger charge is -2.31. The highest BCUT2D eigenvalue weighted by Crippen LogP contribution is 2.12. The number of hydrogen-bond acceptors (Lipinski definition) is 2. The molecule has 2 nitrogen and oxygen atoms in total. The summed E-state index contributed by atoms with van der Waals surface area (Å²) in [6.07, 6.45) is 4.20. The van der Waals surface area contributed by atoms with Crippen LogP contribution in [0.25, 0.3) is 0 Å². The Kier molecular flexibility index (Phi) is 1.49. The summed E-state index contributed by atoms with van der Waals surface area (Å²) in [6.45, 7) is 7.50. The van der Waals surface area contributed by atoms with Crippen LogP contribution in [0, 0.1) is 0 Å². The van der Waals surface area contributed by atoms with Crippen LogP contribution in [0.4, 0.5) is 0 Å². The van der Waals surface area contributed by atoms with Crippen molar-refractivity contribution >= 4 is 0 Å². The average molecular weight is 126 g/mol. The molecule has 52 valence electrons. The van der Waals surface area contributed by atoms with Gasteiger partial charge in [0, 0.05) is 18.3 Å². The zero-order valence-electron chi connectivity index (χ0n) is 6.31. The van der Waals surface area contributed by atoms with Crippen molar-refractivity contribution < 1.29 is 0 Å². The molecule has 0 saturated heterocycles. The standard InChI is InChI=1S/C7H14N2/c1-7(2,3)9-6-4-5-8-9/h4,6,8H,5H2,1-3H3. The third-order valence-electron chi connectivity index (χ3n) is 1.36. The van der Waals surface area contributed by atoms with E-state index >= 15 is 0 Å². The molecule has 1 N–H and O–H groups in total. The molecule has 1 heterocycles. The molecule has 0 aromatic heterocycles. The normalized spacial score (nSPS) is 19.2. The van der Waals surface area contributed by atoms with Crippen molar-refractivity contribution in [2.45, 2.75) is 26.3 Å². The van der Waals surface area contributed by atoms with Crippen molar-refractivity contribution in [2.75, 3.05) is 6.54 Å². The van der Waals surface area contributed by atoms with Crippen LogP contribution in [-0.4, -0.2) is 17.1 Å². The molecular formula is C7H14N2. The van der Waals surface area contributed by atoms with Crippen molar-refractivity contribution in [1.29, 1.82) is 0 Å². The SMILES string of the molecule is CC(C)(C)N1C=CCN1. The van der Waals surface area contributed by atoms with E-state index in [1.807, 2.05) is 0 Å². The molecule has 0 unspecified atom stereocenters. The van der Waals surface area contributed by atoms with Crippen LogP contribution in [0.2, 0.25) is 0 Å². The molecule has 2 heteroatoms. The molecule has 1 rings (SSSR count). The van der Waals surface area contributed by atoms with Gasteiger partial charge in [-0.15, -0.1) is 0 Å². The summed E-state index contributed by atoms with van der Waals surface area (Å²) in [6, 6.07) is 0. The summed E-state index contributed by atoms with van der Waals surface area (Å²) < 4.78 is 0. The third kappa shape index (κ3) is 1.45. The van der Waals surface area contributed by atoms with Crippen LogP contribution in [0.15, 0.2) is 12.3 Å². The summed E-state index contributed by atoms with van der Waals surface area (Å²) >= 11 is 0. The van der Waals surface area contributed by atoms with Crippen LogP contribution < -0.4 is 5.43 Å². The Morgan fingerprint density at radius 1 is 1.44 bits per heavy atom. The number of nitrogens with one attached hydrogen (secondary N) is 1. The Labute approximate surface area is 56.5 Å². The van der Waals surface area contributed by atoms with Crippen molar-refractivity contribution in [2.24, 2.45) is 0 Å². The molecule has 1 aliphatic rings. The first-order valence-electron chi connectivity index (χ1n) is 3.30. The average Bonchev–Trinajstić information content (AvgIpc) is 2.08. The van der Waals surface area contributed by atoms with Crippen molar-refractivity contribution in [3.8, 4) is 0 Å². The zero-order chi connectivity index (χ0) is 6.91. The van der Waals surface area contributed by atoms with Crippen LogP contribution in [0.3, 0.4) is 0 Å². The molecule has 0 aromatic rings. The van der Waals surface area contributed by atoms with Gasteiger partial charge in [0.25, 0.3) is 0 Å². The van der Waals surface area contributed by atoms with Gasteiger partial charge in [-0.1, -0.05) is 6.08 Å². The molecule has 0 radical (unpaired) electrons. The minimum atomic E-state index is 0.215. The number of hydrogen-bond donors (Lipinski definition) is 1. The fourth-order valence-corrected chi connectivity index (χ4v) is 0.823. The van der Waals surface area contributed by atoms with Gasteiger partial charge in [-0.3, -0.25) is 0 Å². The minimum Gasteiger partial charge on any atom is -0.310 e. The fraction of sp³-hybridized carbons (Fsp3) is 0.714. The largest absolute Gasteiger partial charge is 0.310 e. The van der Waals surface area contributed by atoms with Crippen molar-refractivity contribution in [3.63, 3.8) is 0 Å². The Bertz CT molecular complexity index is 121. The van der Waals surface area contributed by atoms with Crippen LogP contribution >= 0.6 is 0 Å². The van der Waals surface area contributed by atoms with Crippen LogP contribution in [-0.2, 0) is 0 Å².